The van der Waals surface area contributed by atoms with Crippen molar-refractivity contribution in [3.8, 4) is 0 Å². The first-order valence-electron chi connectivity index (χ1n) is 18.4. The van der Waals surface area contributed by atoms with E-state index in [0.717, 1.165) is 22.3 Å². The predicted molar refractivity (Wildman–Crippen MR) is 205 cm³/mol. The summed E-state index contributed by atoms with van der Waals surface area (Å²) in [6.45, 7) is 1.98. The minimum absolute atomic E-state index is 0.0877. The van der Waals surface area contributed by atoms with Gasteiger partial charge in [0.1, 0.15) is 12.1 Å². The van der Waals surface area contributed by atoms with Gasteiger partial charge in [0.15, 0.2) is 0 Å². The molecule has 4 N–H and O–H groups in total. The van der Waals surface area contributed by atoms with Crippen LogP contribution < -0.4 is 20.7 Å². The molecule has 0 radical (unpaired) electrons. The lowest BCUT2D eigenvalue weighted by atomic mass is 9.90. The van der Waals surface area contributed by atoms with Crippen molar-refractivity contribution in [3.05, 3.63) is 138 Å². The van der Waals surface area contributed by atoms with Crippen molar-refractivity contribution in [1.29, 1.82) is 0 Å². The number of carbonyl (C=O) groups excluding carboxylic acids is 3. The molecule has 2 fully saturated rings. The summed E-state index contributed by atoms with van der Waals surface area (Å²) in [7, 11) is -2.07. The van der Waals surface area contributed by atoms with Crippen LogP contribution >= 0.6 is 0 Å². The van der Waals surface area contributed by atoms with Gasteiger partial charge in [-0.1, -0.05) is 109 Å². The number of hydrogen-bond donors (Lipinski definition) is 4. The van der Waals surface area contributed by atoms with Crippen molar-refractivity contribution in [2.24, 2.45) is 5.92 Å². The van der Waals surface area contributed by atoms with Gasteiger partial charge in [-0.25, -0.2) is 13.1 Å². The Morgan fingerprint density at radius 3 is 1.98 bits per heavy atom. The van der Waals surface area contributed by atoms with E-state index in [1.807, 2.05) is 97.9 Å². The number of fused-ring (bicyclic) bond motifs is 1. The summed E-state index contributed by atoms with van der Waals surface area (Å²) in [4.78, 5) is 44.8. The van der Waals surface area contributed by atoms with Gasteiger partial charge in [0, 0.05) is 12.6 Å². The number of benzene rings is 4. The highest BCUT2D eigenvalue weighted by Gasteiger charge is 2.48. The van der Waals surface area contributed by atoms with Crippen molar-refractivity contribution < 1.29 is 22.8 Å². The van der Waals surface area contributed by atoms with Gasteiger partial charge >= 0.3 is 0 Å². The lowest BCUT2D eigenvalue weighted by Gasteiger charge is -2.33. The van der Waals surface area contributed by atoms with E-state index < -0.39 is 34.2 Å². The minimum Gasteiger partial charge on any atom is -0.343 e. The normalized spacial score (nSPS) is 20.7. The number of hydrogen-bond acceptors (Lipinski definition) is 6. The zero-order valence-corrected chi connectivity index (χ0v) is 31.1. The van der Waals surface area contributed by atoms with Crippen LogP contribution in [0.25, 0.3) is 0 Å². The van der Waals surface area contributed by atoms with Gasteiger partial charge in [-0.15, -0.1) is 0 Å². The Balaban J connectivity index is 1.24. The van der Waals surface area contributed by atoms with Crippen LogP contribution in [-0.2, 0) is 30.8 Å². The van der Waals surface area contributed by atoms with Crippen molar-refractivity contribution in [2.75, 3.05) is 13.6 Å². The number of carbonyl (C=O) groups is 3. The Bertz CT molecular complexity index is 1900. The van der Waals surface area contributed by atoms with Crippen LogP contribution in [-0.4, -0.2) is 68.8 Å². The Morgan fingerprint density at radius 2 is 1.38 bits per heavy atom. The summed E-state index contributed by atoms with van der Waals surface area (Å²) in [6.07, 6.45) is 3.13. The van der Waals surface area contributed by atoms with Crippen molar-refractivity contribution in [1.82, 2.24) is 25.6 Å². The summed E-state index contributed by atoms with van der Waals surface area (Å²) in [6, 6.07) is 32.9. The number of sulfonamides is 1. The van der Waals surface area contributed by atoms with Crippen LogP contribution in [0.5, 0.6) is 0 Å². The summed E-state index contributed by atoms with van der Waals surface area (Å²) >= 11 is 0. The molecule has 0 bridgehead atoms. The molecule has 0 unspecified atom stereocenters. The van der Waals surface area contributed by atoms with Crippen molar-refractivity contribution >= 4 is 27.7 Å². The third-order valence-corrected chi connectivity index (χ3v) is 12.1. The minimum atomic E-state index is -3.78. The molecule has 2 aliphatic rings. The molecule has 0 spiro atoms. The molecule has 4 aromatic carbocycles. The molecule has 2 saturated heterocycles. The molecule has 0 aromatic heterocycles. The van der Waals surface area contributed by atoms with E-state index in [1.54, 1.807) is 36.2 Å². The van der Waals surface area contributed by atoms with Gasteiger partial charge in [0.25, 0.3) is 0 Å². The molecule has 0 aliphatic carbocycles. The molecule has 0 saturated carbocycles. The molecule has 11 heteroatoms. The van der Waals surface area contributed by atoms with Gasteiger partial charge in [-0.3, -0.25) is 14.4 Å². The van der Waals surface area contributed by atoms with E-state index in [-0.39, 0.29) is 41.1 Å². The van der Waals surface area contributed by atoms with Gasteiger partial charge < -0.3 is 20.9 Å². The molecule has 3 amide bonds. The summed E-state index contributed by atoms with van der Waals surface area (Å²) < 4.78 is 29.0. The average Bonchev–Trinajstić information content (AvgIpc) is 3.56. The van der Waals surface area contributed by atoms with Gasteiger partial charge in [-0.2, -0.15) is 0 Å². The zero-order valence-electron chi connectivity index (χ0n) is 30.3. The second-order valence-electron chi connectivity index (χ2n) is 14.1. The maximum absolute atomic E-state index is 14.8. The number of nitrogens with zero attached hydrogens (tertiary/aromatic N) is 1. The molecule has 278 valence electrons. The first kappa shape index (κ1) is 37.9. The summed E-state index contributed by atoms with van der Waals surface area (Å²) in [5, 5.41) is 9.43. The summed E-state index contributed by atoms with van der Waals surface area (Å²) in [5.74, 6) is -1.25. The van der Waals surface area contributed by atoms with E-state index in [9.17, 15) is 22.8 Å². The van der Waals surface area contributed by atoms with Crippen LogP contribution in [0.15, 0.2) is 120 Å². The highest BCUT2D eigenvalue weighted by molar-refractivity contribution is 7.89. The van der Waals surface area contributed by atoms with Gasteiger partial charge in [0.2, 0.25) is 27.7 Å². The van der Waals surface area contributed by atoms with Crippen LogP contribution in [0, 0.1) is 12.8 Å². The Labute approximate surface area is 312 Å². The lowest BCUT2D eigenvalue weighted by Crippen LogP contribution is -2.58. The lowest BCUT2D eigenvalue weighted by molar-refractivity contribution is -0.143. The third kappa shape index (κ3) is 9.22. The maximum atomic E-state index is 14.8. The molecule has 2 aliphatic heterocycles. The largest absolute Gasteiger partial charge is 0.343 e. The standard InChI is InChI=1S/C42H49N5O5S/c1-29-18-23-35(24-19-29)53(51,52)44-27-26-33-20-21-34-22-25-37(41(49)45-38(31-14-8-4-9-15-31)32-16-10-5-11-17-32)47(34)42(50)39(33)46-40(48)36(43-2)28-30-12-6-3-7-13-30/h3-19,23-24,33-34,36-39,43-44H,20-22,25-28H2,1-2H3,(H,45,49)(H,46,48)/t33-,34+,36-,37+,39+/m1/s1. The number of likely N-dealkylation sites (N-methyl/N-ethyl adjacent to an activating group) is 1. The highest BCUT2D eigenvalue weighted by atomic mass is 32.2. The smallest absolute Gasteiger partial charge is 0.246 e. The topological polar surface area (TPSA) is 137 Å². The third-order valence-electron chi connectivity index (χ3n) is 10.6. The zero-order chi connectivity index (χ0) is 37.4. The van der Waals surface area contributed by atoms with E-state index in [0.29, 0.717) is 38.5 Å². The average molecular weight is 736 g/mol. The van der Waals surface area contributed by atoms with E-state index >= 15 is 0 Å². The molecular formula is C42H49N5O5S. The van der Waals surface area contributed by atoms with E-state index in [1.165, 1.54) is 0 Å². The van der Waals surface area contributed by atoms with E-state index in [4.69, 9.17) is 0 Å². The second kappa shape index (κ2) is 17.3. The van der Waals surface area contributed by atoms with Gasteiger partial charge in [0.05, 0.1) is 17.0 Å². The number of aryl methyl sites for hydroxylation is 1. The molecule has 5 atom stereocenters. The van der Waals surface area contributed by atoms with Crippen molar-refractivity contribution in [3.63, 3.8) is 0 Å². The monoisotopic (exact) mass is 735 g/mol. The fraction of sp³-hybridized carbons (Fsp3) is 0.357. The molecular weight excluding hydrogens is 687 g/mol. The number of amides is 3. The fourth-order valence-corrected chi connectivity index (χ4v) is 8.73. The molecule has 2 heterocycles. The quantitative estimate of drug-likeness (QED) is 0.149. The highest BCUT2D eigenvalue weighted by Crippen LogP contribution is 2.36. The van der Waals surface area contributed by atoms with Crippen LogP contribution in [0.1, 0.15) is 60.4 Å². The maximum Gasteiger partial charge on any atom is 0.246 e. The second-order valence-corrected chi connectivity index (χ2v) is 15.9. The number of nitrogens with one attached hydrogen (secondary N) is 4. The summed E-state index contributed by atoms with van der Waals surface area (Å²) in [5.41, 5.74) is 3.78. The Morgan fingerprint density at radius 1 is 0.792 bits per heavy atom. The first-order valence-corrected chi connectivity index (χ1v) is 19.9. The molecule has 4 aromatic rings. The van der Waals surface area contributed by atoms with Crippen molar-refractivity contribution in [2.45, 2.75) is 80.6 Å². The van der Waals surface area contributed by atoms with Gasteiger partial charge in [-0.05, 0) is 87.2 Å². The fourth-order valence-electron chi connectivity index (χ4n) is 7.68. The molecule has 10 nitrogen and oxygen atoms in total. The van der Waals surface area contributed by atoms with E-state index in [2.05, 4.69) is 20.7 Å². The first-order chi connectivity index (χ1) is 25.6. The SMILES string of the molecule is CN[C@H](Cc1ccccc1)C(=O)N[C@@H]1C(=O)N2[C@@H](CC[C@@H]1CCNS(=O)(=O)c1ccc(C)cc1)CC[C@H]2C(=O)NC(c1ccccc1)c1ccccc1. The molecule has 6 rings (SSSR count). The van der Waals surface area contributed by atoms with Crippen LogP contribution in [0.3, 0.4) is 0 Å². The van der Waals surface area contributed by atoms with Crippen LogP contribution in [0.4, 0.5) is 0 Å². The number of rotatable bonds is 14. The van der Waals surface area contributed by atoms with Crippen LogP contribution in [0.2, 0.25) is 0 Å². The molecule has 53 heavy (non-hydrogen) atoms. The Hall–Kier alpha value is -4.84. The Kier molecular flexibility index (Phi) is 12.4. The predicted octanol–water partition coefficient (Wildman–Crippen LogP) is 4.65.